The highest BCUT2D eigenvalue weighted by Crippen LogP contribution is 2.32. The monoisotopic (exact) mass is 253 g/mol. The molecule has 0 aromatic carbocycles. The van der Waals surface area contributed by atoms with Gasteiger partial charge < -0.3 is 14.8 Å². The molecular weight excluding hydrogens is 234 g/mol. The Hall–Kier alpha value is -0.420. The first kappa shape index (κ1) is 11.7. The first-order valence-corrected chi connectivity index (χ1v) is 7.22. The highest BCUT2D eigenvalue weighted by Gasteiger charge is 2.40. The van der Waals surface area contributed by atoms with Crippen LogP contribution in [0.4, 0.5) is 0 Å². The van der Waals surface area contributed by atoms with Gasteiger partial charge in [-0.2, -0.15) is 0 Å². The quantitative estimate of drug-likeness (QED) is 0.895. The molecule has 4 heteroatoms. The zero-order chi connectivity index (χ0) is 11.6. The van der Waals surface area contributed by atoms with Gasteiger partial charge in [0.1, 0.15) is 0 Å². The average molecular weight is 253 g/mol. The van der Waals surface area contributed by atoms with Crippen LogP contribution in [0.5, 0.6) is 0 Å². The number of rotatable bonds is 3. The predicted molar refractivity (Wildman–Crippen MR) is 68.3 cm³/mol. The van der Waals surface area contributed by atoms with E-state index in [2.05, 4.69) is 22.8 Å². The van der Waals surface area contributed by atoms with Gasteiger partial charge >= 0.3 is 0 Å². The molecule has 0 aliphatic carbocycles. The van der Waals surface area contributed by atoms with Crippen LogP contribution in [-0.2, 0) is 16.0 Å². The van der Waals surface area contributed by atoms with Crippen LogP contribution in [0.3, 0.4) is 0 Å². The van der Waals surface area contributed by atoms with Crippen molar-refractivity contribution in [1.82, 2.24) is 5.32 Å². The molecule has 2 unspecified atom stereocenters. The number of hydrogen-bond donors (Lipinski definition) is 1. The summed E-state index contributed by atoms with van der Waals surface area (Å²) in [7, 11) is 0. The van der Waals surface area contributed by atoms with E-state index in [-0.39, 0.29) is 5.60 Å². The van der Waals surface area contributed by atoms with E-state index in [9.17, 15) is 0 Å². The molecule has 0 radical (unpaired) electrons. The molecule has 0 bridgehead atoms. The first-order chi connectivity index (χ1) is 8.36. The summed E-state index contributed by atoms with van der Waals surface area (Å²) < 4.78 is 11.4. The van der Waals surface area contributed by atoms with Crippen LogP contribution >= 0.6 is 11.3 Å². The molecule has 1 N–H and O–H groups in total. The molecule has 2 atom stereocenters. The van der Waals surface area contributed by atoms with E-state index in [0.29, 0.717) is 6.04 Å². The Morgan fingerprint density at radius 1 is 1.47 bits per heavy atom. The summed E-state index contributed by atoms with van der Waals surface area (Å²) in [6, 6.07) is 4.87. The lowest BCUT2D eigenvalue weighted by atomic mass is 9.90. The van der Waals surface area contributed by atoms with Gasteiger partial charge in [0.2, 0.25) is 0 Å². The maximum atomic E-state index is 5.93. The molecule has 94 valence electrons. The number of nitrogens with one attached hydrogen (secondary N) is 1. The van der Waals surface area contributed by atoms with E-state index in [4.69, 9.17) is 9.47 Å². The maximum Gasteiger partial charge on any atom is 0.0951 e. The fourth-order valence-electron chi connectivity index (χ4n) is 2.72. The number of thiophene rings is 1. The van der Waals surface area contributed by atoms with Crippen LogP contribution in [0, 0.1) is 0 Å². The van der Waals surface area contributed by atoms with E-state index < -0.39 is 0 Å². The largest absolute Gasteiger partial charge is 0.378 e. The van der Waals surface area contributed by atoms with Crippen molar-refractivity contribution in [3.63, 3.8) is 0 Å². The zero-order valence-corrected chi connectivity index (χ0v) is 10.8. The van der Waals surface area contributed by atoms with Crippen LogP contribution in [0.2, 0.25) is 0 Å². The van der Waals surface area contributed by atoms with Crippen molar-refractivity contribution < 1.29 is 9.47 Å². The lowest BCUT2D eigenvalue weighted by Gasteiger charge is -2.37. The highest BCUT2D eigenvalue weighted by molar-refractivity contribution is 7.09. The Kier molecular flexibility index (Phi) is 3.47. The van der Waals surface area contributed by atoms with Crippen molar-refractivity contribution in [3.8, 4) is 0 Å². The molecule has 1 aromatic rings. The van der Waals surface area contributed by atoms with E-state index in [0.717, 1.165) is 45.6 Å². The molecule has 3 heterocycles. The summed E-state index contributed by atoms with van der Waals surface area (Å²) >= 11 is 1.82. The van der Waals surface area contributed by atoms with E-state index in [1.54, 1.807) is 0 Å². The van der Waals surface area contributed by atoms with Crippen molar-refractivity contribution in [1.29, 1.82) is 0 Å². The van der Waals surface area contributed by atoms with Gasteiger partial charge in [-0.1, -0.05) is 6.07 Å². The van der Waals surface area contributed by atoms with Crippen LogP contribution in [0.1, 0.15) is 24.1 Å². The van der Waals surface area contributed by atoms with Gasteiger partial charge in [-0.05, 0) is 24.3 Å². The van der Waals surface area contributed by atoms with Crippen molar-refractivity contribution >= 4 is 11.3 Å². The summed E-state index contributed by atoms with van der Waals surface area (Å²) in [6.07, 6.45) is 3.27. The minimum atomic E-state index is 0.0192. The van der Waals surface area contributed by atoms with Gasteiger partial charge in [0, 0.05) is 37.1 Å². The summed E-state index contributed by atoms with van der Waals surface area (Å²) in [5, 5.41) is 5.78. The minimum Gasteiger partial charge on any atom is -0.378 e. The lowest BCUT2D eigenvalue weighted by molar-refractivity contribution is -0.0894. The van der Waals surface area contributed by atoms with Crippen LogP contribution in [-0.4, -0.2) is 31.5 Å². The standard InChI is InChI=1S/C13H19NO2S/c1-2-12(17-7-1)9-14-11-3-5-16-13(8-11)4-6-15-10-13/h1-2,7,11,14H,3-6,8-10H2. The fraction of sp³-hybridized carbons (Fsp3) is 0.692. The molecular formula is C13H19NO2S. The molecule has 0 amide bonds. The second-order valence-corrected chi connectivity index (χ2v) is 6.02. The number of hydrogen-bond acceptors (Lipinski definition) is 4. The molecule has 0 saturated carbocycles. The van der Waals surface area contributed by atoms with E-state index in [1.807, 2.05) is 11.3 Å². The van der Waals surface area contributed by atoms with Gasteiger partial charge in [0.15, 0.2) is 0 Å². The molecule has 17 heavy (non-hydrogen) atoms. The summed E-state index contributed by atoms with van der Waals surface area (Å²) in [4.78, 5) is 1.41. The SMILES string of the molecule is c1csc(CNC2CCOC3(CCOC3)C2)c1. The molecule has 2 aliphatic rings. The van der Waals surface area contributed by atoms with Gasteiger partial charge in [0.25, 0.3) is 0 Å². The minimum absolute atomic E-state index is 0.0192. The summed E-state index contributed by atoms with van der Waals surface area (Å²) in [5.41, 5.74) is 0.0192. The van der Waals surface area contributed by atoms with Gasteiger partial charge in [0.05, 0.1) is 12.2 Å². The summed E-state index contributed by atoms with van der Waals surface area (Å²) in [6.45, 7) is 3.49. The Bertz CT molecular complexity index is 346. The predicted octanol–water partition coefficient (Wildman–Crippen LogP) is 2.18. The molecule has 3 rings (SSSR count). The number of ether oxygens (including phenoxy) is 2. The molecule has 1 spiro atoms. The van der Waals surface area contributed by atoms with Crippen LogP contribution in [0.15, 0.2) is 17.5 Å². The average Bonchev–Trinajstić information content (AvgIpc) is 2.99. The fourth-order valence-corrected chi connectivity index (χ4v) is 3.38. The maximum absolute atomic E-state index is 5.93. The van der Waals surface area contributed by atoms with Gasteiger partial charge in [-0.15, -0.1) is 11.3 Å². The van der Waals surface area contributed by atoms with E-state index >= 15 is 0 Å². The summed E-state index contributed by atoms with van der Waals surface area (Å²) in [5.74, 6) is 0. The molecule has 3 nitrogen and oxygen atoms in total. The second-order valence-electron chi connectivity index (χ2n) is 4.98. The normalized spacial score (nSPS) is 33.3. The van der Waals surface area contributed by atoms with Crippen molar-refractivity contribution in [2.45, 2.75) is 37.5 Å². The lowest BCUT2D eigenvalue weighted by Crippen LogP contribution is -2.47. The van der Waals surface area contributed by atoms with Crippen LogP contribution in [0.25, 0.3) is 0 Å². The zero-order valence-electron chi connectivity index (χ0n) is 9.98. The Morgan fingerprint density at radius 3 is 3.24 bits per heavy atom. The third-order valence-electron chi connectivity index (χ3n) is 3.71. The molecule has 1 aromatic heterocycles. The first-order valence-electron chi connectivity index (χ1n) is 6.34. The Morgan fingerprint density at radius 2 is 2.47 bits per heavy atom. The molecule has 2 saturated heterocycles. The second kappa shape index (κ2) is 5.06. The topological polar surface area (TPSA) is 30.5 Å². The van der Waals surface area contributed by atoms with Gasteiger partial charge in [-0.25, -0.2) is 0 Å². The van der Waals surface area contributed by atoms with E-state index in [1.165, 1.54) is 4.88 Å². The van der Waals surface area contributed by atoms with Crippen molar-refractivity contribution in [2.24, 2.45) is 0 Å². The molecule has 2 fully saturated rings. The third kappa shape index (κ3) is 2.71. The van der Waals surface area contributed by atoms with Crippen LogP contribution < -0.4 is 5.32 Å². The highest BCUT2D eigenvalue weighted by atomic mass is 32.1. The van der Waals surface area contributed by atoms with Crippen molar-refractivity contribution in [2.75, 3.05) is 19.8 Å². The smallest absolute Gasteiger partial charge is 0.0951 e. The Balaban J connectivity index is 1.53. The Labute approximate surface area is 106 Å². The molecule has 2 aliphatic heterocycles. The third-order valence-corrected chi connectivity index (χ3v) is 4.58. The van der Waals surface area contributed by atoms with Gasteiger partial charge in [-0.3, -0.25) is 0 Å². The van der Waals surface area contributed by atoms with Crippen molar-refractivity contribution in [3.05, 3.63) is 22.4 Å².